The molecule has 0 bridgehead atoms. The molecule has 0 aliphatic heterocycles. The quantitative estimate of drug-likeness (QED) is 0.181. The number of hydrogen-bond donors (Lipinski definition) is 3. The van der Waals surface area contributed by atoms with Crippen LogP contribution >= 0.6 is 0 Å². The van der Waals surface area contributed by atoms with E-state index in [9.17, 15) is 29.6 Å². The van der Waals surface area contributed by atoms with Crippen LogP contribution in [0.2, 0.25) is 0 Å². The Bertz CT molecular complexity index is 1320. The van der Waals surface area contributed by atoms with Gasteiger partial charge in [-0.25, -0.2) is 4.79 Å². The lowest BCUT2D eigenvalue weighted by molar-refractivity contribution is -0.763. The van der Waals surface area contributed by atoms with Gasteiger partial charge in [0.15, 0.2) is 24.0 Å². The molecule has 3 saturated carbocycles. The van der Waals surface area contributed by atoms with Crippen LogP contribution in [0, 0.1) is 44.6 Å². The Morgan fingerprint density at radius 3 is 2.53 bits per heavy atom. The highest BCUT2D eigenvalue weighted by Crippen LogP contribution is 2.66. The van der Waals surface area contributed by atoms with Crippen LogP contribution in [-0.2, 0) is 25.8 Å². The van der Waals surface area contributed by atoms with Crippen molar-refractivity contribution in [1.82, 2.24) is 0 Å². The van der Waals surface area contributed by atoms with Crippen LogP contribution < -0.4 is 0 Å². The van der Waals surface area contributed by atoms with Gasteiger partial charge < -0.3 is 24.9 Å². The summed E-state index contributed by atoms with van der Waals surface area (Å²) in [6, 6.07) is 6.13. The van der Waals surface area contributed by atoms with Gasteiger partial charge in [-0.15, -0.1) is 10.1 Å². The second-order valence-electron chi connectivity index (χ2n) is 13.2. The molecule has 7 unspecified atom stereocenters. The number of hydrogen-bond acceptors (Lipinski definition) is 10. The number of aliphatic hydroxyl groups is 3. The number of carbonyl (C=O) groups is 3. The molecule has 234 valence electrons. The maximum atomic E-state index is 13.4. The van der Waals surface area contributed by atoms with Gasteiger partial charge in [-0.3, -0.25) is 9.59 Å². The number of aliphatic hydroxyl groups excluding tert-OH is 1. The standard InChI is InChI=1S/C29H33NO8.C3H8O2/c1-28-11-10-20(31)13-19(28)6-7-21-22-8-9-23(29(22,2)14-24(32)26(21)28)25(33)16-37-27(34)18-5-3-4-17(12-18)15-38-30(35)36;1-3(2,4)5/h3-5,10-13,21-24,26,32H,6-9,14-16H2,1-2H3;4-5H,1-2H3. The maximum absolute atomic E-state index is 13.4. The SMILES string of the molecule is CC(C)(O)O.CC12C=CC(=O)C=C1CCC1C2C(O)CC2(C)C(C(=O)COC(=O)c3cccc(CO[N+](=O)[O-])c3)CCC12. The molecule has 11 nitrogen and oxygen atoms in total. The first-order valence-corrected chi connectivity index (χ1v) is 14.7. The highest BCUT2D eigenvalue weighted by atomic mass is 16.9. The summed E-state index contributed by atoms with van der Waals surface area (Å²) in [7, 11) is 0. The summed E-state index contributed by atoms with van der Waals surface area (Å²) >= 11 is 0. The highest BCUT2D eigenvalue weighted by Gasteiger charge is 2.62. The first-order valence-electron chi connectivity index (χ1n) is 14.7. The van der Waals surface area contributed by atoms with E-state index in [-0.39, 0.29) is 59.4 Å². The minimum atomic E-state index is -1.50. The zero-order valence-corrected chi connectivity index (χ0v) is 25.0. The zero-order chi connectivity index (χ0) is 31.7. The molecule has 4 aliphatic carbocycles. The summed E-state index contributed by atoms with van der Waals surface area (Å²) in [5, 5.41) is 37.1. The zero-order valence-electron chi connectivity index (χ0n) is 25.0. The number of carbonyl (C=O) groups excluding carboxylic acids is 3. The summed E-state index contributed by atoms with van der Waals surface area (Å²) in [6.07, 6.45) is 8.48. The van der Waals surface area contributed by atoms with Crippen LogP contribution in [0.25, 0.3) is 0 Å². The van der Waals surface area contributed by atoms with Gasteiger partial charge in [-0.1, -0.05) is 37.6 Å². The largest absolute Gasteiger partial charge is 0.454 e. The smallest absolute Gasteiger partial charge is 0.338 e. The van der Waals surface area contributed by atoms with E-state index < -0.39 is 28.4 Å². The third-order valence-corrected chi connectivity index (χ3v) is 9.73. The molecule has 0 heterocycles. The fraction of sp³-hybridized carbons (Fsp3) is 0.594. The van der Waals surface area contributed by atoms with Gasteiger partial charge in [0.1, 0.15) is 6.61 Å². The van der Waals surface area contributed by atoms with Crippen molar-refractivity contribution in [3.8, 4) is 0 Å². The molecule has 0 saturated heterocycles. The number of Topliss-reactive ketones (excluding diaryl/α,β-unsaturated/α-hetero) is 1. The number of ketones is 2. The maximum Gasteiger partial charge on any atom is 0.338 e. The summed E-state index contributed by atoms with van der Waals surface area (Å²) in [5.41, 5.74) is 0.979. The molecule has 1 aromatic carbocycles. The average Bonchev–Trinajstić information content (AvgIpc) is 3.26. The van der Waals surface area contributed by atoms with Crippen LogP contribution in [0.15, 0.2) is 48.1 Å². The Kier molecular flexibility index (Phi) is 9.30. The minimum Gasteiger partial charge on any atom is -0.454 e. The molecular formula is C32H41NO10. The fourth-order valence-corrected chi connectivity index (χ4v) is 8.09. The molecule has 5 rings (SSSR count). The molecule has 1 aromatic rings. The number of rotatable bonds is 7. The number of fused-ring (bicyclic) bond motifs is 5. The molecule has 0 aromatic heterocycles. The Balaban J connectivity index is 0.000000782. The third kappa shape index (κ3) is 7.05. The summed E-state index contributed by atoms with van der Waals surface area (Å²) in [5.74, 6) is -2.12. The monoisotopic (exact) mass is 599 g/mol. The van der Waals surface area contributed by atoms with Crippen molar-refractivity contribution >= 4 is 17.5 Å². The van der Waals surface area contributed by atoms with Crippen molar-refractivity contribution < 1.29 is 44.4 Å². The van der Waals surface area contributed by atoms with E-state index in [0.717, 1.165) is 24.8 Å². The Labute approximate surface area is 250 Å². The first kappa shape index (κ1) is 32.5. The van der Waals surface area contributed by atoms with Gasteiger partial charge in [-0.2, -0.15) is 0 Å². The van der Waals surface area contributed by atoms with E-state index in [1.807, 2.05) is 6.08 Å². The lowest BCUT2D eigenvalue weighted by atomic mass is 9.46. The van der Waals surface area contributed by atoms with Gasteiger partial charge in [0.25, 0.3) is 5.09 Å². The minimum absolute atomic E-state index is 0.00293. The molecular weight excluding hydrogens is 558 g/mol. The molecule has 0 radical (unpaired) electrons. The predicted octanol–water partition coefficient (Wildman–Crippen LogP) is 3.72. The molecule has 11 heteroatoms. The highest BCUT2D eigenvalue weighted by molar-refractivity contribution is 6.01. The van der Waals surface area contributed by atoms with Crippen LogP contribution in [0.5, 0.6) is 0 Å². The lowest BCUT2D eigenvalue weighted by Gasteiger charge is -2.58. The molecule has 3 N–H and O–H groups in total. The van der Waals surface area contributed by atoms with E-state index in [4.69, 9.17) is 14.9 Å². The van der Waals surface area contributed by atoms with Crippen molar-refractivity contribution in [3.05, 3.63) is 69.3 Å². The Morgan fingerprint density at radius 2 is 1.86 bits per heavy atom. The number of nitrogens with zero attached hydrogens (tertiary/aromatic N) is 1. The van der Waals surface area contributed by atoms with Gasteiger partial charge >= 0.3 is 5.97 Å². The number of benzene rings is 1. The normalized spacial score (nSPS) is 32.7. The molecule has 3 fully saturated rings. The van der Waals surface area contributed by atoms with E-state index >= 15 is 0 Å². The van der Waals surface area contributed by atoms with E-state index in [0.29, 0.717) is 18.4 Å². The van der Waals surface area contributed by atoms with Gasteiger partial charge in [0.2, 0.25) is 0 Å². The number of ether oxygens (including phenoxy) is 1. The first-order chi connectivity index (χ1) is 20.0. The summed E-state index contributed by atoms with van der Waals surface area (Å²) in [6.45, 7) is 6.17. The van der Waals surface area contributed by atoms with Crippen molar-refractivity contribution in [3.63, 3.8) is 0 Å². The third-order valence-electron chi connectivity index (χ3n) is 9.73. The van der Waals surface area contributed by atoms with Crippen LogP contribution in [0.4, 0.5) is 0 Å². The van der Waals surface area contributed by atoms with E-state index in [2.05, 4.69) is 18.7 Å². The number of allylic oxidation sites excluding steroid dienone is 4. The molecule has 4 aliphatic rings. The average molecular weight is 600 g/mol. The van der Waals surface area contributed by atoms with Crippen LogP contribution in [0.3, 0.4) is 0 Å². The van der Waals surface area contributed by atoms with Gasteiger partial charge in [0, 0.05) is 17.3 Å². The topological polar surface area (TPSA) is 174 Å². The van der Waals surface area contributed by atoms with E-state index in [1.165, 1.54) is 26.0 Å². The molecule has 0 spiro atoms. The predicted molar refractivity (Wildman–Crippen MR) is 154 cm³/mol. The van der Waals surface area contributed by atoms with Crippen molar-refractivity contribution in [1.29, 1.82) is 0 Å². The molecule has 7 atom stereocenters. The lowest BCUT2D eigenvalue weighted by Crippen LogP contribution is -2.56. The van der Waals surface area contributed by atoms with E-state index in [1.54, 1.807) is 24.3 Å². The Morgan fingerprint density at radius 1 is 1.16 bits per heavy atom. The van der Waals surface area contributed by atoms with Crippen molar-refractivity contribution in [2.75, 3.05) is 6.61 Å². The second-order valence-corrected chi connectivity index (χ2v) is 13.2. The fourth-order valence-electron chi connectivity index (χ4n) is 8.09. The summed E-state index contributed by atoms with van der Waals surface area (Å²) in [4.78, 5) is 52.8. The van der Waals surface area contributed by atoms with Crippen LogP contribution in [-0.4, -0.2) is 56.4 Å². The van der Waals surface area contributed by atoms with Gasteiger partial charge in [0.05, 0.1) is 11.7 Å². The summed E-state index contributed by atoms with van der Waals surface area (Å²) < 4.78 is 5.36. The van der Waals surface area contributed by atoms with Crippen LogP contribution in [0.1, 0.15) is 75.7 Å². The van der Waals surface area contributed by atoms with Crippen molar-refractivity contribution in [2.45, 2.75) is 78.3 Å². The van der Waals surface area contributed by atoms with Crippen molar-refractivity contribution in [2.24, 2.45) is 34.5 Å². The molecule has 0 amide bonds. The molecule has 43 heavy (non-hydrogen) atoms. The second kappa shape index (κ2) is 12.3. The number of esters is 1. The Hall–Kier alpha value is -3.41. The van der Waals surface area contributed by atoms with Gasteiger partial charge in [-0.05, 0) is 93.1 Å².